The van der Waals surface area contributed by atoms with Gasteiger partial charge in [-0.25, -0.2) is 5.43 Å². The van der Waals surface area contributed by atoms with E-state index in [2.05, 4.69) is 10.5 Å². The summed E-state index contributed by atoms with van der Waals surface area (Å²) in [6, 6.07) is 20.5. The number of carbonyl (C=O) groups excluding carboxylic acids is 1. The van der Waals surface area contributed by atoms with E-state index in [0.717, 1.165) is 11.6 Å². The van der Waals surface area contributed by atoms with E-state index in [1.165, 1.54) is 44.7 Å². The number of benzene rings is 4. The lowest BCUT2D eigenvalue weighted by atomic mass is 10.1. The van der Waals surface area contributed by atoms with Gasteiger partial charge in [0, 0.05) is 11.6 Å². The molecule has 13 heteroatoms. The first kappa shape index (κ1) is 30.4. The van der Waals surface area contributed by atoms with Crippen LogP contribution in [0.5, 0.6) is 28.7 Å². The molecule has 4 rings (SSSR count). The van der Waals surface area contributed by atoms with Gasteiger partial charge in [0.15, 0.2) is 23.0 Å². The van der Waals surface area contributed by atoms with E-state index in [1.54, 1.807) is 12.1 Å². The molecule has 0 aliphatic heterocycles. The lowest BCUT2D eigenvalue weighted by Gasteiger charge is -2.13. The van der Waals surface area contributed by atoms with Gasteiger partial charge in [0.2, 0.25) is 5.75 Å². The quantitative estimate of drug-likeness (QED) is 0.115. The Balaban J connectivity index is 1.43. The predicted octanol–water partition coefficient (Wildman–Crippen LogP) is 6.77. The number of methoxy groups -OCH3 is 2. The van der Waals surface area contributed by atoms with Gasteiger partial charge in [-0.2, -0.15) is 18.3 Å². The van der Waals surface area contributed by atoms with Gasteiger partial charge in [-0.15, -0.1) is 0 Å². The molecule has 4 aromatic carbocycles. The van der Waals surface area contributed by atoms with Crippen LogP contribution in [0.1, 0.15) is 27.0 Å². The monoisotopic (exact) mass is 595 g/mol. The number of nitrogens with one attached hydrogen (secondary N) is 1. The van der Waals surface area contributed by atoms with E-state index in [4.69, 9.17) is 18.9 Å². The highest BCUT2D eigenvalue weighted by Crippen LogP contribution is 2.40. The Morgan fingerprint density at radius 3 is 2.23 bits per heavy atom. The fourth-order valence-electron chi connectivity index (χ4n) is 3.78. The Kier molecular flexibility index (Phi) is 9.45. The van der Waals surface area contributed by atoms with Crippen LogP contribution in [0, 0.1) is 10.1 Å². The molecule has 1 amide bonds. The molecule has 43 heavy (non-hydrogen) atoms. The van der Waals surface area contributed by atoms with Crippen LogP contribution >= 0.6 is 0 Å². The third-order valence-electron chi connectivity index (χ3n) is 5.93. The fourth-order valence-corrected chi connectivity index (χ4v) is 3.78. The highest BCUT2D eigenvalue weighted by Gasteiger charge is 2.33. The molecule has 222 valence electrons. The minimum Gasteiger partial charge on any atom is -0.493 e. The smallest absolute Gasteiger partial charge is 0.416 e. The zero-order chi connectivity index (χ0) is 31.0. The Labute approximate surface area is 243 Å². The van der Waals surface area contributed by atoms with Gasteiger partial charge in [-0.05, 0) is 59.7 Å². The maximum absolute atomic E-state index is 13.0. The minimum atomic E-state index is -4.76. The third-order valence-corrected chi connectivity index (χ3v) is 5.93. The van der Waals surface area contributed by atoms with Crippen molar-refractivity contribution < 1.29 is 41.8 Å². The van der Waals surface area contributed by atoms with E-state index in [0.29, 0.717) is 35.8 Å². The first-order valence-corrected chi connectivity index (χ1v) is 12.5. The molecule has 0 aliphatic rings. The Morgan fingerprint density at radius 1 is 0.884 bits per heavy atom. The number of hydrazone groups is 1. The van der Waals surface area contributed by atoms with Gasteiger partial charge in [0.1, 0.15) is 6.61 Å². The average molecular weight is 596 g/mol. The van der Waals surface area contributed by atoms with Gasteiger partial charge >= 0.3 is 11.9 Å². The maximum atomic E-state index is 13.0. The van der Waals surface area contributed by atoms with Gasteiger partial charge in [0.25, 0.3) is 5.91 Å². The molecule has 0 fully saturated rings. The first-order chi connectivity index (χ1) is 20.6. The fraction of sp³-hybridized carbons (Fsp3) is 0.133. The molecule has 0 saturated carbocycles. The van der Waals surface area contributed by atoms with E-state index in [-0.39, 0.29) is 17.1 Å². The molecule has 0 saturated heterocycles. The molecule has 0 unspecified atom stereocenters. The molecule has 0 aliphatic carbocycles. The van der Waals surface area contributed by atoms with Gasteiger partial charge in [-0.3, -0.25) is 14.9 Å². The average Bonchev–Trinajstić information content (AvgIpc) is 3.00. The zero-order valence-corrected chi connectivity index (χ0v) is 22.8. The van der Waals surface area contributed by atoms with Crippen molar-refractivity contribution in [2.75, 3.05) is 14.2 Å². The molecule has 0 bridgehead atoms. The van der Waals surface area contributed by atoms with Crippen molar-refractivity contribution in [1.82, 2.24) is 5.43 Å². The summed E-state index contributed by atoms with van der Waals surface area (Å²) in [5.41, 5.74) is 2.04. The number of carbonyl (C=O) groups is 1. The lowest BCUT2D eigenvalue weighted by molar-refractivity contribution is -0.385. The molecule has 0 aromatic heterocycles. The summed E-state index contributed by atoms with van der Waals surface area (Å²) in [5.74, 6) is 0.0136. The topological polar surface area (TPSA) is 122 Å². The molecule has 0 atom stereocenters. The normalized spacial score (nSPS) is 11.2. The van der Waals surface area contributed by atoms with Crippen molar-refractivity contribution in [3.05, 3.63) is 117 Å². The minimum absolute atomic E-state index is 0.00760. The van der Waals surface area contributed by atoms with Crippen LogP contribution in [0.15, 0.2) is 90.0 Å². The summed E-state index contributed by atoms with van der Waals surface area (Å²) in [7, 11) is 2.77. The summed E-state index contributed by atoms with van der Waals surface area (Å²) in [4.78, 5) is 23.1. The Hall–Kier alpha value is -5.59. The van der Waals surface area contributed by atoms with Crippen molar-refractivity contribution >= 4 is 17.8 Å². The summed E-state index contributed by atoms with van der Waals surface area (Å²) >= 11 is 0. The number of amides is 1. The Morgan fingerprint density at radius 2 is 1.56 bits per heavy atom. The second-order valence-corrected chi connectivity index (χ2v) is 8.79. The largest absolute Gasteiger partial charge is 0.493 e. The summed E-state index contributed by atoms with van der Waals surface area (Å²) in [5, 5.41) is 15.3. The van der Waals surface area contributed by atoms with Crippen molar-refractivity contribution in [2.24, 2.45) is 5.10 Å². The number of nitro groups is 1. The zero-order valence-electron chi connectivity index (χ0n) is 22.8. The predicted molar refractivity (Wildman–Crippen MR) is 150 cm³/mol. The number of rotatable bonds is 11. The molecule has 10 nitrogen and oxygen atoms in total. The first-order valence-electron chi connectivity index (χ1n) is 12.5. The van der Waals surface area contributed by atoms with Crippen LogP contribution in [0.25, 0.3) is 0 Å². The molecule has 4 aromatic rings. The standard InChI is InChI=1S/C30H24F3N3O7/c1-40-27-14-20(8-11-26(27)43-24-13-10-22(30(31,32)33)16-23(24)36(38)39)17-34-35-29(37)21-9-12-25(28(15-21)41-2)42-18-19-6-4-3-5-7-19/h3-17H,18H2,1-2H3,(H,35,37)/b34-17+. The molecule has 0 radical (unpaired) electrons. The second kappa shape index (κ2) is 13.4. The van der Waals surface area contributed by atoms with Gasteiger partial charge in [0.05, 0.1) is 30.9 Å². The number of nitrogens with zero attached hydrogens (tertiary/aromatic N) is 2. The van der Waals surface area contributed by atoms with Crippen molar-refractivity contribution in [3.8, 4) is 28.7 Å². The second-order valence-electron chi connectivity index (χ2n) is 8.79. The van der Waals surface area contributed by atoms with Gasteiger partial charge < -0.3 is 18.9 Å². The van der Waals surface area contributed by atoms with Crippen LogP contribution < -0.4 is 24.4 Å². The summed E-state index contributed by atoms with van der Waals surface area (Å²) in [6.07, 6.45) is -3.44. The van der Waals surface area contributed by atoms with Crippen LogP contribution in [0.4, 0.5) is 18.9 Å². The maximum Gasteiger partial charge on any atom is 0.416 e. The van der Waals surface area contributed by atoms with Crippen LogP contribution in [-0.2, 0) is 12.8 Å². The summed E-state index contributed by atoms with van der Waals surface area (Å²) in [6.45, 7) is 0.321. The molecule has 0 spiro atoms. The van der Waals surface area contributed by atoms with Crippen molar-refractivity contribution in [1.29, 1.82) is 0 Å². The lowest BCUT2D eigenvalue weighted by Crippen LogP contribution is -2.17. The molecule has 1 N–H and O–H groups in total. The molecular formula is C30H24F3N3O7. The van der Waals surface area contributed by atoms with E-state index < -0.39 is 34.0 Å². The molecule has 0 heterocycles. The number of halogens is 3. The SMILES string of the molecule is COc1cc(C(=O)N/N=C/c2ccc(Oc3ccc(C(F)(F)F)cc3[N+](=O)[O-])c(OC)c2)ccc1OCc1ccccc1. The van der Waals surface area contributed by atoms with E-state index >= 15 is 0 Å². The summed E-state index contributed by atoms with van der Waals surface area (Å²) < 4.78 is 61.0. The van der Waals surface area contributed by atoms with Gasteiger partial charge in [-0.1, -0.05) is 30.3 Å². The number of hydrogen-bond donors (Lipinski definition) is 1. The van der Waals surface area contributed by atoms with Crippen LogP contribution in [0.2, 0.25) is 0 Å². The number of nitro benzene ring substituents is 1. The van der Waals surface area contributed by atoms with Crippen LogP contribution in [0.3, 0.4) is 0 Å². The van der Waals surface area contributed by atoms with E-state index in [9.17, 15) is 28.1 Å². The highest BCUT2D eigenvalue weighted by molar-refractivity contribution is 5.95. The van der Waals surface area contributed by atoms with Crippen molar-refractivity contribution in [2.45, 2.75) is 12.8 Å². The number of hydrogen-bond acceptors (Lipinski definition) is 8. The van der Waals surface area contributed by atoms with E-state index in [1.807, 2.05) is 30.3 Å². The van der Waals surface area contributed by atoms with Crippen molar-refractivity contribution in [3.63, 3.8) is 0 Å². The number of ether oxygens (including phenoxy) is 4. The third kappa shape index (κ3) is 7.79. The Bertz CT molecular complexity index is 1640. The molecular weight excluding hydrogens is 571 g/mol. The van der Waals surface area contributed by atoms with Crippen LogP contribution in [-0.4, -0.2) is 31.3 Å². The highest BCUT2D eigenvalue weighted by atomic mass is 19.4. The number of alkyl halides is 3.